The van der Waals surface area contributed by atoms with E-state index in [2.05, 4.69) is 10.2 Å². The number of anilines is 1. The second-order valence-electron chi connectivity index (χ2n) is 4.08. The maximum absolute atomic E-state index is 11.6. The molecular formula is C11H12N4OS. The lowest BCUT2D eigenvalue weighted by molar-refractivity contribution is 0.642. The molecule has 3 rings (SSSR count). The molecule has 3 N–H and O–H groups in total. The molecule has 0 amide bonds. The first-order valence-corrected chi connectivity index (χ1v) is 6.26. The third-order valence-electron chi connectivity index (χ3n) is 2.67. The molecule has 6 heteroatoms. The van der Waals surface area contributed by atoms with Gasteiger partial charge in [0.05, 0.1) is 0 Å². The van der Waals surface area contributed by atoms with Gasteiger partial charge in [0.15, 0.2) is 5.16 Å². The van der Waals surface area contributed by atoms with Crippen LogP contribution in [0.1, 0.15) is 18.9 Å². The van der Waals surface area contributed by atoms with E-state index in [1.807, 2.05) is 24.3 Å². The lowest BCUT2D eigenvalue weighted by atomic mass is 10.3. The minimum Gasteiger partial charge on any atom is -0.399 e. The number of nitrogens with two attached hydrogens (primary N) is 1. The fourth-order valence-electron chi connectivity index (χ4n) is 1.66. The van der Waals surface area contributed by atoms with E-state index >= 15 is 0 Å². The number of benzene rings is 1. The first-order chi connectivity index (χ1) is 8.24. The van der Waals surface area contributed by atoms with Crippen molar-refractivity contribution in [3.05, 3.63) is 34.7 Å². The van der Waals surface area contributed by atoms with Crippen LogP contribution < -0.4 is 11.4 Å². The Morgan fingerprint density at radius 3 is 2.71 bits per heavy atom. The Bertz CT molecular complexity index is 582. The van der Waals surface area contributed by atoms with Crippen LogP contribution in [-0.2, 0) is 0 Å². The zero-order valence-electron chi connectivity index (χ0n) is 9.09. The highest BCUT2D eigenvalue weighted by Gasteiger charge is 2.28. The van der Waals surface area contributed by atoms with Gasteiger partial charge >= 0.3 is 5.69 Å². The van der Waals surface area contributed by atoms with Crippen molar-refractivity contribution in [1.82, 2.24) is 14.8 Å². The number of rotatable bonds is 3. The summed E-state index contributed by atoms with van der Waals surface area (Å²) in [6.45, 7) is 0. The van der Waals surface area contributed by atoms with Crippen LogP contribution in [0.5, 0.6) is 0 Å². The first-order valence-electron chi connectivity index (χ1n) is 5.44. The van der Waals surface area contributed by atoms with E-state index in [0.717, 1.165) is 28.6 Å². The van der Waals surface area contributed by atoms with E-state index in [0.29, 0.717) is 6.04 Å². The second-order valence-corrected chi connectivity index (χ2v) is 5.12. The Hall–Kier alpha value is -1.69. The van der Waals surface area contributed by atoms with Gasteiger partial charge < -0.3 is 5.73 Å². The molecule has 0 spiro atoms. The second kappa shape index (κ2) is 3.96. The van der Waals surface area contributed by atoms with Gasteiger partial charge in [-0.2, -0.15) is 0 Å². The van der Waals surface area contributed by atoms with Crippen molar-refractivity contribution in [3.63, 3.8) is 0 Å². The SMILES string of the molecule is Nc1ccc(Sc2n[nH]c(=O)n2C2CC2)cc1. The van der Waals surface area contributed by atoms with Crippen molar-refractivity contribution in [2.24, 2.45) is 0 Å². The molecule has 5 nitrogen and oxygen atoms in total. The zero-order valence-corrected chi connectivity index (χ0v) is 9.91. The predicted octanol–water partition coefficient (Wildman–Crippen LogP) is 1.64. The lowest BCUT2D eigenvalue weighted by Crippen LogP contribution is -2.15. The third-order valence-corrected chi connectivity index (χ3v) is 3.65. The minimum atomic E-state index is -0.120. The number of hydrogen-bond acceptors (Lipinski definition) is 4. The summed E-state index contributed by atoms with van der Waals surface area (Å²) in [6, 6.07) is 7.87. The van der Waals surface area contributed by atoms with Crippen LogP contribution in [-0.4, -0.2) is 14.8 Å². The summed E-state index contributed by atoms with van der Waals surface area (Å²) < 4.78 is 1.74. The summed E-state index contributed by atoms with van der Waals surface area (Å²) in [4.78, 5) is 12.6. The highest BCUT2D eigenvalue weighted by molar-refractivity contribution is 7.99. The molecule has 1 aliphatic rings. The van der Waals surface area contributed by atoms with Crippen molar-refractivity contribution in [3.8, 4) is 0 Å². The zero-order chi connectivity index (χ0) is 11.8. The Morgan fingerprint density at radius 1 is 1.35 bits per heavy atom. The maximum Gasteiger partial charge on any atom is 0.344 e. The number of aromatic amines is 1. The minimum absolute atomic E-state index is 0.120. The Kier molecular flexibility index (Phi) is 2.44. The Morgan fingerprint density at radius 2 is 2.06 bits per heavy atom. The molecule has 0 unspecified atom stereocenters. The molecule has 1 aromatic carbocycles. The van der Waals surface area contributed by atoms with Gasteiger partial charge in [0.25, 0.3) is 0 Å². The molecule has 0 radical (unpaired) electrons. The summed E-state index contributed by atoms with van der Waals surface area (Å²) in [5, 5.41) is 7.28. The van der Waals surface area contributed by atoms with Gasteiger partial charge in [-0.3, -0.25) is 4.57 Å². The van der Waals surface area contributed by atoms with Crippen LogP contribution in [0.25, 0.3) is 0 Å². The maximum atomic E-state index is 11.6. The highest BCUT2D eigenvalue weighted by Crippen LogP contribution is 2.37. The summed E-state index contributed by atoms with van der Waals surface area (Å²) in [5.74, 6) is 0. The smallest absolute Gasteiger partial charge is 0.344 e. The van der Waals surface area contributed by atoms with Gasteiger partial charge in [0, 0.05) is 16.6 Å². The third kappa shape index (κ3) is 2.08. The monoisotopic (exact) mass is 248 g/mol. The Balaban J connectivity index is 1.90. The summed E-state index contributed by atoms with van der Waals surface area (Å²) in [7, 11) is 0. The number of aromatic nitrogens is 3. The molecule has 0 saturated heterocycles. The Labute approximate surface area is 102 Å². The van der Waals surface area contributed by atoms with E-state index in [4.69, 9.17) is 5.73 Å². The molecule has 2 aromatic rings. The molecule has 1 heterocycles. The molecule has 1 aliphatic carbocycles. The van der Waals surface area contributed by atoms with Crippen LogP contribution >= 0.6 is 11.8 Å². The van der Waals surface area contributed by atoms with Gasteiger partial charge in [-0.25, -0.2) is 9.89 Å². The fourth-order valence-corrected chi connectivity index (χ4v) is 2.56. The van der Waals surface area contributed by atoms with Crippen LogP contribution in [0.3, 0.4) is 0 Å². The average Bonchev–Trinajstić information content (AvgIpc) is 3.08. The number of nitrogens with zero attached hydrogens (tertiary/aromatic N) is 2. The summed E-state index contributed by atoms with van der Waals surface area (Å²) in [6.07, 6.45) is 2.13. The molecular weight excluding hydrogens is 236 g/mol. The highest BCUT2D eigenvalue weighted by atomic mass is 32.2. The number of nitrogens with one attached hydrogen (secondary N) is 1. The summed E-state index contributed by atoms with van der Waals surface area (Å²) in [5.41, 5.74) is 6.24. The number of nitrogen functional groups attached to an aromatic ring is 1. The van der Waals surface area contributed by atoms with Crippen LogP contribution in [0.15, 0.2) is 39.1 Å². The molecule has 1 fully saturated rings. The standard InChI is InChI=1S/C11H12N4OS/c12-7-1-5-9(6-2-7)17-11-14-13-10(16)15(11)8-3-4-8/h1-2,5-6,8H,3-4,12H2,(H,13,16). The molecule has 88 valence electrons. The van der Waals surface area contributed by atoms with Gasteiger partial charge in [-0.05, 0) is 48.9 Å². The molecule has 0 atom stereocenters. The molecule has 17 heavy (non-hydrogen) atoms. The van der Waals surface area contributed by atoms with E-state index in [-0.39, 0.29) is 5.69 Å². The summed E-state index contributed by atoms with van der Waals surface area (Å²) >= 11 is 1.48. The largest absolute Gasteiger partial charge is 0.399 e. The number of H-pyrrole nitrogens is 1. The normalized spacial score (nSPS) is 15.1. The first kappa shape index (κ1) is 10.5. The van der Waals surface area contributed by atoms with Crippen LogP contribution in [0.2, 0.25) is 0 Å². The van der Waals surface area contributed by atoms with Crippen molar-refractivity contribution in [2.45, 2.75) is 28.9 Å². The van der Waals surface area contributed by atoms with Crippen molar-refractivity contribution in [1.29, 1.82) is 0 Å². The fraction of sp³-hybridized carbons (Fsp3) is 0.273. The van der Waals surface area contributed by atoms with Gasteiger partial charge in [-0.1, -0.05) is 0 Å². The van der Waals surface area contributed by atoms with Gasteiger partial charge in [0.2, 0.25) is 0 Å². The van der Waals surface area contributed by atoms with Crippen LogP contribution in [0.4, 0.5) is 5.69 Å². The molecule has 0 aliphatic heterocycles. The average molecular weight is 248 g/mol. The van der Waals surface area contributed by atoms with E-state index < -0.39 is 0 Å². The molecule has 0 bridgehead atoms. The van der Waals surface area contributed by atoms with Gasteiger partial charge in [-0.15, -0.1) is 5.10 Å². The van der Waals surface area contributed by atoms with Crippen molar-refractivity contribution >= 4 is 17.4 Å². The molecule has 1 saturated carbocycles. The lowest BCUT2D eigenvalue weighted by Gasteiger charge is -2.03. The van der Waals surface area contributed by atoms with Crippen molar-refractivity contribution < 1.29 is 0 Å². The van der Waals surface area contributed by atoms with Crippen molar-refractivity contribution in [2.75, 3.05) is 5.73 Å². The molecule has 1 aromatic heterocycles. The van der Waals surface area contributed by atoms with Gasteiger partial charge in [0.1, 0.15) is 0 Å². The van der Waals surface area contributed by atoms with Crippen LogP contribution in [0, 0.1) is 0 Å². The quantitative estimate of drug-likeness (QED) is 0.809. The van der Waals surface area contributed by atoms with E-state index in [9.17, 15) is 4.79 Å². The topological polar surface area (TPSA) is 76.7 Å². The van der Waals surface area contributed by atoms with E-state index in [1.165, 1.54) is 11.8 Å². The van der Waals surface area contributed by atoms with E-state index in [1.54, 1.807) is 4.57 Å². The number of hydrogen-bond donors (Lipinski definition) is 2. The predicted molar refractivity (Wildman–Crippen MR) is 66.1 cm³/mol.